The minimum Gasteiger partial charge on any atom is -0.383 e. The zero-order valence-electron chi connectivity index (χ0n) is 8.96. The van der Waals surface area contributed by atoms with E-state index in [0.29, 0.717) is 5.82 Å². The molecule has 0 aliphatic rings. The van der Waals surface area contributed by atoms with E-state index in [9.17, 15) is 0 Å². The van der Waals surface area contributed by atoms with Gasteiger partial charge in [0.15, 0.2) is 0 Å². The highest BCUT2D eigenvalue weighted by Crippen LogP contribution is 2.22. The minimum absolute atomic E-state index is 0.241. The number of nitrogen functional groups attached to an aromatic ring is 1. The van der Waals surface area contributed by atoms with E-state index >= 15 is 0 Å². The van der Waals surface area contributed by atoms with Gasteiger partial charge in [0, 0.05) is 25.0 Å². The molecule has 0 aromatic carbocycles. The van der Waals surface area contributed by atoms with Crippen LogP contribution in [0.2, 0.25) is 0 Å². The van der Waals surface area contributed by atoms with E-state index in [1.807, 2.05) is 31.4 Å². The molecule has 2 heterocycles. The van der Waals surface area contributed by atoms with Gasteiger partial charge < -0.3 is 5.73 Å². The summed E-state index contributed by atoms with van der Waals surface area (Å²) in [5, 5.41) is 4.29. The molecule has 16 heavy (non-hydrogen) atoms. The van der Waals surface area contributed by atoms with Gasteiger partial charge in [-0.05, 0) is 12.1 Å². The maximum atomic E-state index is 5.80. The van der Waals surface area contributed by atoms with Gasteiger partial charge in [0.1, 0.15) is 5.82 Å². The van der Waals surface area contributed by atoms with Crippen LogP contribution in [0.1, 0.15) is 17.3 Å². The summed E-state index contributed by atoms with van der Waals surface area (Å²) in [5.74, 6) is 5.99. The van der Waals surface area contributed by atoms with Gasteiger partial charge in [0.25, 0.3) is 0 Å². The second-order valence-corrected chi connectivity index (χ2v) is 3.49. The molecule has 5 N–H and O–H groups in total. The Bertz CT molecular complexity index is 478. The summed E-state index contributed by atoms with van der Waals surface area (Å²) in [6.45, 7) is 0. The summed E-state index contributed by atoms with van der Waals surface area (Å²) < 4.78 is 1.71. The third-order valence-electron chi connectivity index (χ3n) is 2.38. The van der Waals surface area contributed by atoms with E-state index in [0.717, 1.165) is 11.3 Å². The molecule has 1 unspecified atom stereocenters. The molecule has 0 saturated carbocycles. The van der Waals surface area contributed by atoms with Gasteiger partial charge in [-0.3, -0.25) is 10.5 Å². The SMILES string of the molecule is Cn1ccc(C(NN)c2cccnc2N)n1. The van der Waals surface area contributed by atoms with Crippen LogP contribution in [0.5, 0.6) is 0 Å². The van der Waals surface area contributed by atoms with Crippen LogP contribution in [0.25, 0.3) is 0 Å². The Morgan fingerprint density at radius 3 is 2.81 bits per heavy atom. The van der Waals surface area contributed by atoms with Gasteiger partial charge >= 0.3 is 0 Å². The summed E-state index contributed by atoms with van der Waals surface area (Å²) in [4.78, 5) is 4.03. The summed E-state index contributed by atoms with van der Waals surface area (Å²) >= 11 is 0. The van der Waals surface area contributed by atoms with Crippen molar-refractivity contribution in [2.24, 2.45) is 12.9 Å². The highest BCUT2D eigenvalue weighted by molar-refractivity contribution is 5.43. The molecule has 2 aromatic rings. The van der Waals surface area contributed by atoms with E-state index in [-0.39, 0.29) is 6.04 Å². The van der Waals surface area contributed by atoms with Crippen LogP contribution < -0.4 is 17.0 Å². The lowest BCUT2D eigenvalue weighted by atomic mass is 10.1. The molecule has 0 amide bonds. The number of hydrogen-bond acceptors (Lipinski definition) is 5. The van der Waals surface area contributed by atoms with Gasteiger partial charge in [-0.1, -0.05) is 6.07 Å². The molecular weight excluding hydrogens is 204 g/mol. The standard InChI is InChI=1S/C10H14N6/c1-16-6-4-8(15-16)9(14-12)7-3-2-5-13-10(7)11/h2-6,9,14H,12H2,1H3,(H2,11,13). The Hall–Kier alpha value is -1.92. The Balaban J connectivity index is 2.40. The maximum Gasteiger partial charge on any atom is 0.128 e. The number of hydrazine groups is 1. The monoisotopic (exact) mass is 218 g/mol. The van der Waals surface area contributed by atoms with Crippen LogP contribution in [-0.4, -0.2) is 14.8 Å². The molecule has 84 valence electrons. The average Bonchev–Trinajstić information content (AvgIpc) is 2.69. The second-order valence-electron chi connectivity index (χ2n) is 3.49. The smallest absolute Gasteiger partial charge is 0.128 e. The third kappa shape index (κ3) is 1.88. The van der Waals surface area contributed by atoms with Gasteiger partial charge in [-0.2, -0.15) is 5.10 Å². The first kappa shape index (κ1) is 10.6. The molecule has 0 spiro atoms. The minimum atomic E-state index is -0.241. The highest BCUT2D eigenvalue weighted by Gasteiger charge is 2.17. The van der Waals surface area contributed by atoms with Crippen molar-refractivity contribution in [2.45, 2.75) is 6.04 Å². The maximum absolute atomic E-state index is 5.80. The van der Waals surface area contributed by atoms with Crippen molar-refractivity contribution in [3.05, 3.63) is 41.9 Å². The molecule has 0 fully saturated rings. The van der Waals surface area contributed by atoms with Gasteiger partial charge in [0.05, 0.1) is 11.7 Å². The molecular formula is C10H14N6. The number of nitrogens with zero attached hydrogens (tertiary/aromatic N) is 3. The Morgan fingerprint density at radius 1 is 1.44 bits per heavy atom. The predicted molar refractivity (Wildman–Crippen MR) is 61.0 cm³/mol. The fourth-order valence-electron chi connectivity index (χ4n) is 1.60. The van der Waals surface area contributed by atoms with Gasteiger partial charge in [0.2, 0.25) is 0 Å². The van der Waals surface area contributed by atoms with Crippen LogP contribution >= 0.6 is 0 Å². The molecule has 0 aliphatic heterocycles. The van der Waals surface area contributed by atoms with Crippen molar-refractivity contribution in [3.63, 3.8) is 0 Å². The molecule has 1 atom stereocenters. The Morgan fingerprint density at radius 2 is 2.25 bits per heavy atom. The number of pyridine rings is 1. The number of anilines is 1. The number of aryl methyl sites for hydroxylation is 1. The molecule has 2 rings (SSSR count). The normalized spacial score (nSPS) is 12.6. The van der Waals surface area contributed by atoms with Crippen molar-refractivity contribution >= 4 is 5.82 Å². The van der Waals surface area contributed by atoms with E-state index in [1.54, 1.807) is 10.9 Å². The summed E-state index contributed by atoms with van der Waals surface area (Å²) in [6.07, 6.45) is 3.50. The first-order chi connectivity index (χ1) is 7.72. The molecule has 2 aromatic heterocycles. The predicted octanol–water partition coefficient (Wildman–Crippen LogP) is -0.0500. The lowest BCUT2D eigenvalue weighted by molar-refractivity contribution is 0.603. The molecule has 6 nitrogen and oxygen atoms in total. The number of rotatable bonds is 3. The quantitative estimate of drug-likeness (QED) is 0.496. The van der Waals surface area contributed by atoms with Crippen LogP contribution in [0.3, 0.4) is 0 Å². The zero-order chi connectivity index (χ0) is 11.5. The lowest BCUT2D eigenvalue weighted by Crippen LogP contribution is -2.30. The Kier molecular flexibility index (Phi) is 2.84. The number of nitrogens with one attached hydrogen (secondary N) is 1. The first-order valence-electron chi connectivity index (χ1n) is 4.88. The summed E-state index contributed by atoms with van der Waals surface area (Å²) in [5.41, 5.74) is 10.1. The largest absolute Gasteiger partial charge is 0.383 e. The second kappa shape index (κ2) is 4.30. The fourth-order valence-corrected chi connectivity index (χ4v) is 1.60. The number of aromatic nitrogens is 3. The van der Waals surface area contributed by atoms with E-state index < -0.39 is 0 Å². The number of nitrogens with two attached hydrogens (primary N) is 2. The fraction of sp³-hybridized carbons (Fsp3) is 0.200. The zero-order valence-corrected chi connectivity index (χ0v) is 8.96. The number of hydrogen-bond donors (Lipinski definition) is 3. The van der Waals surface area contributed by atoms with E-state index in [1.165, 1.54) is 0 Å². The van der Waals surface area contributed by atoms with Crippen LogP contribution in [-0.2, 0) is 7.05 Å². The topological polar surface area (TPSA) is 94.8 Å². The van der Waals surface area contributed by atoms with Crippen molar-refractivity contribution in [1.82, 2.24) is 20.2 Å². The Labute approximate surface area is 93.2 Å². The van der Waals surface area contributed by atoms with Gasteiger partial charge in [-0.15, -0.1) is 0 Å². The van der Waals surface area contributed by atoms with Crippen molar-refractivity contribution in [3.8, 4) is 0 Å². The molecule has 6 heteroatoms. The lowest BCUT2D eigenvalue weighted by Gasteiger charge is -2.15. The van der Waals surface area contributed by atoms with Crippen LogP contribution in [0.4, 0.5) is 5.82 Å². The van der Waals surface area contributed by atoms with Crippen LogP contribution in [0, 0.1) is 0 Å². The molecule has 0 bridgehead atoms. The average molecular weight is 218 g/mol. The third-order valence-corrected chi connectivity index (χ3v) is 2.38. The molecule has 0 radical (unpaired) electrons. The molecule has 0 aliphatic carbocycles. The van der Waals surface area contributed by atoms with Crippen molar-refractivity contribution in [2.75, 3.05) is 5.73 Å². The summed E-state index contributed by atoms with van der Waals surface area (Å²) in [7, 11) is 1.85. The summed E-state index contributed by atoms with van der Waals surface area (Å²) in [6, 6.07) is 5.34. The van der Waals surface area contributed by atoms with Crippen LogP contribution in [0.15, 0.2) is 30.6 Å². The first-order valence-corrected chi connectivity index (χ1v) is 4.88. The van der Waals surface area contributed by atoms with Crippen molar-refractivity contribution < 1.29 is 0 Å². The highest BCUT2D eigenvalue weighted by atomic mass is 15.3. The van der Waals surface area contributed by atoms with Gasteiger partial charge in [-0.25, -0.2) is 10.4 Å². The van der Waals surface area contributed by atoms with E-state index in [4.69, 9.17) is 11.6 Å². The van der Waals surface area contributed by atoms with E-state index in [2.05, 4.69) is 15.5 Å². The molecule has 0 saturated heterocycles. The van der Waals surface area contributed by atoms with Crippen molar-refractivity contribution in [1.29, 1.82) is 0 Å².